The number of hydrogen-bond acceptors (Lipinski definition) is 5. The summed E-state index contributed by atoms with van der Waals surface area (Å²) >= 11 is 0. The predicted molar refractivity (Wildman–Crippen MR) is 132 cm³/mol. The summed E-state index contributed by atoms with van der Waals surface area (Å²) in [5.74, 6) is -0.0699. The van der Waals surface area contributed by atoms with Crippen LogP contribution in [0.4, 0.5) is 10.5 Å². The molecule has 2 heterocycles. The van der Waals surface area contributed by atoms with E-state index in [1.165, 1.54) is 16.9 Å². The summed E-state index contributed by atoms with van der Waals surface area (Å²) in [5, 5.41) is 20.9. The van der Waals surface area contributed by atoms with Crippen molar-refractivity contribution in [2.24, 2.45) is 0 Å². The Bertz CT molecular complexity index is 1350. The summed E-state index contributed by atoms with van der Waals surface area (Å²) < 4.78 is 1.41. The molecular formula is C27H25N5O3. The van der Waals surface area contributed by atoms with E-state index in [1.54, 1.807) is 30.5 Å². The highest BCUT2D eigenvalue weighted by molar-refractivity contribution is 6.04. The predicted octanol–water partition coefficient (Wildman–Crippen LogP) is 4.58. The molecule has 5 rings (SSSR count). The van der Waals surface area contributed by atoms with Gasteiger partial charge in [0.1, 0.15) is 5.75 Å². The molecule has 8 heteroatoms. The third kappa shape index (κ3) is 5.22. The summed E-state index contributed by atoms with van der Waals surface area (Å²) in [6, 6.07) is 19.7. The van der Waals surface area contributed by atoms with Crippen LogP contribution in [0.15, 0.2) is 79.1 Å². The normalized spacial score (nSPS) is 12.8. The molecule has 0 spiro atoms. The van der Waals surface area contributed by atoms with Gasteiger partial charge in [0.25, 0.3) is 5.91 Å². The second-order valence-corrected chi connectivity index (χ2v) is 8.54. The molecule has 3 N–H and O–H groups in total. The zero-order valence-corrected chi connectivity index (χ0v) is 19.0. The number of nitrogens with one attached hydrogen (secondary N) is 2. The number of nitrogens with zero attached hydrogens (tertiary/aromatic N) is 3. The summed E-state index contributed by atoms with van der Waals surface area (Å²) in [7, 11) is 0. The zero-order valence-electron chi connectivity index (χ0n) is 19.0. The summed E-state index contributed by atoms with van der Waals surface area (Å²) in [5.41, 5.74) is 3.85. The second kappa shape index (κ2) is 9.80. The Hall–Kier alpha value is -4.46. The first-order valence-electron chi connectivity index (χ1n) is 11.6. The molecule has 1 saturated carbocycles. The first kappa shape index (κ1) is 22.3. The van der Waals surface area contributed by atoms with E-state index in [0.29, 0.717) is 29.1 Å². The van der Waals surface area contributed by atoms with E-state index >= 15 is 0 Å². The number of aromatic hydroxyl groups is 1. The van der Waals surface area contributed by atoms with Crippen LogP contribution in [0.2, 0.25) is 0 Å². The number of hydrogen-bond donors (Lipinski definition) is 3. The van der Waals surface area contributed by atoms with Gasteiger partial charge in [-0.3, -0.25) is 9.78 Å². The van der Waals surface area contributed by atoms with Crippen molar-refractivity contribution in [1.82, 2.24) is 20.1 Å². The smallest absolute Gasteiger partial charge is 0.342 e. The molecule has 176 valence electrons. The number of anilines is 1. The lowest BCUT2D eigenvalue weighted by Crippen LogP contribution is -2.32. The molecule has 4 aromatic rings. The van der Waals surface area contributed by atoms with E-state index in [0.717, 1.165) is 30.5 Å². The van der Waals surface area contributed by atoms with Crippen molar-refractivity contribution in [2.45, 2.75) is 25.2 Å². The summed E-state index contributed by atoms with van der Waals surface area (Å²) in [6.07, 6.45) is 5.81. The fraction of sp³-hybridized carbons (Fsp3) is 0.185. The van der Waals surface area contributed by atoms with Gasteiger partial charge >= 0.3 is 6.03 Å². The van der Waals surface area contributed by atoms with Crippen molar-refractivity contribution < 1.29 is 14.7 Å². The van der Waals surface area contributed by atoms with Crippen molar-refractivity contribution in [2.75, 3.05) is 11.9 Å². The number of carbonyl (C=O) groups excluding carboxylic acids is 2. The number of carbonyl (C=O) groups is 2. The molecular weight excluding hydrogens is 442 g/mol. The number of aromatic nitrogens is 3. The Morgan fingerprint density at radius 3 is 2.57 bits per heavy atom. The van der Waals surface area contributed by atoms with Crippen LogP contribution in [0, 0.1) is 0 Å². The van der Waals surface area contributed by atoms with Crippen LogP contribution in [0.3, 0.4) is 0 Å². The van der Waals surface area contributed by atoms with Crippen molar-refractivity contribution >= 4 is 17.6 Å². The molecule has 0 bridgehead atoms. The van der Waals surface area contributed by atoms with E-state index in [1.807, 2.05) is 36.4 Å². The van der Waals surface area contributed by atoms with Crippen molar-refractivity contribution in [3.8, 4) is 17.0 Å². The average Bonchev–Trinajstić information content (AvgIpc) is 3.63. The number of rotatable bonds is 7. The molecule has 35 heavy (non-hydrogen) atoms. The lowest BCUT2D eigenvalue weighted by Gasteiger charge is -2.08. The van der Waals surface area contributed by atoms with Gasteiger partial charge < -0.3 is 15.7 Å². The van der Waals surface area contributed by atoms with E-state index in [2.05, 4.69) is 20.7 Å². The van der Waals surface area contributed by atoms with Crippen LogP contribution in [-0.2, 0) is 6.42 Å². The number of pyridine rings is 1. The van der Waals surface area contributed by atoms with Crippen molar-refractivity contribution in [3.05, 3.63) is 95.9 Å². The van der Waals surface area contributed by atoms with Crippen LogP contribution >= 0.6 is 0 Å². The fourth-order valence-corrected chi connectivity index (χ4v) is 3.92. The molecule has 2 amide bonds. The highest BCUT2D eigenvalue weighted by Gasteiger charge is 2.30. The van der Waals surface area contributed by atoms with Gasteiger partial charge in [0.15, 0.2) is 0 Å². The van der Waals surface area contributed by atoms with Gasteiger partial charge in [0.05, 0.1) is 17.0 Å². The van der Waals surface area contributed by atoms with Crippen molar-refractivity contribution in [1.29, 1.82) is 0 Å². The van der Waals surface area contributed by atoms with E-state index in [-0.39, 0.29) is 23.6 Å². The standard InChI is InChI=1S/C27H25N5O3/c33-25-15-21(30-26(34)20-7-4-13-28-17-20)10-11-22(25)23-16-24(19-8-9-19)32(31-23)27(35)29-14-12-18-5-2-1-3-6-18/h1-7,10-11,13,15-17,19,33H,8-9,12,14H2,(H,29,35)(H,30,34). The van der Waals surface area contributed by atoms with Crippen LogP contribution in [0.25, 0.3) is 11.3 Å². The van der Waals surface area contributed by atoms with Gasteiger partial charge in [-0.25, -0.2) is 4.79 Å². The van der Waals surface area contributed by atoms with Gasteiger partial charge in [0, 0.05) is 42.2 Å². The van der Waals surface area contributed by atoms with E-state index in [9.17, 15) is 14.7 Å². The Morgan fingerprint density at radius 2 is 1.86 bits per heavy atom. The highest BCUT2D eigenvalue weighted by atomic mass is 16.3. The topological polar surface area (TPSA) is 109 Å². The number of amides is 2. The quantitative estimate of drug-likeness (QED) is 0.369. The molecule has 2 aromatic carbocycles. The van der Waals surface area contributed by atoms with Gasteiger partial charge in [-0.1, -0.05) is 30.3 Å². The van der Waals surface area contributed by atoms with E-state index < -0.39 is 0 Å². The highest BCUT2D eigenvalue weighted by Crippen LogP contribution is 2.42. The first-order valence-corrected chi connectivity index (χ1v) is 11.6. The fourth-order valence-electron chi connectivity index (χ4n) is 3.92. The van der Waals surface area contributed by atoms with Crippen LogP contribution in [0.5, 0.6) is 5.75 Å². The Morgan fingerprint density at radius 1 is 1.03 bits per heavy atom. The van der Waals surface area contributed by atoms with Gasteiger partial charge in [0.2, 0.25) is 0 Å². The van der Waals surface area contributed by atoms with E-state index in [4.69, 9.17) is 0 Å². The Balaban J connectivity index is 1.31. The maximum atomic E-state index is 12.9. The molecule has 2 aromatic heterocycles. The zero-order chi connectivity index (χ0) is 24.2. The minimum atomic E-state index is -0.322. The summed E-state index contributed by atoms with van der Waals surface area (Å²) in [6.45, 7) is 0.499. The monoisotopic (exact) mass is 467 g/mol. The molecule has 1 aliphatic rings. The number of phenolic OH excluding ortho intramolecular Hbond substituents is 1. The number of benzene rings is 2. The largest absolute Gasteiger partial charge is 0.507 e. The maximum absolute atomic E-state index is 12.9. The van der Waals surface area contributed by atoms with Gasteiger partial charge in [-0.05, 0) is 55.2 Å². The minimum Gasteiger partial charge on any atom is -0.507 e. The molecule has 0 radical (unpaired) electrons. The van der Waals surface area contributed by atoms with Crippen LogP contribution in [-0.4, -0.2) is 38.4 Å². The summed E-state index contributed by atoms with van der Waals surface area (Å²) in [4.78, 5) is 29.2. The molecule has 0 unspecified atom stereocenters. The number of phenols is 1. The molecule has 0 saturated heterocycles. The first-order chi connectivity index (χ1) is 17.1. The SMILES string of the molecule is O=C(Nc1ccc(-c2cc(C3CC3)n(C(=O)NCCc3ccccc3)n2)c(O)c1)c1cccnc1. The second-order valence-electron chi connectivity index (χ2n) is 8.54. The Labute approximate surface area is 202 Å². The molecule has 0 aliphatic heterocycles. The molecule has 1 aliphatic carbocycles. The molecule has 0 atom stereocenters. The molecule has 1 fully saturated rings. The lowest BCUT2D eigenvalue weighted by molar-refractivity contribution is 0.102. The van der Waals surface area contributed by atoms with Crippen LogP contribution < -0.4 is 10.6 Å². The van der Waals surface area contributed by atoms with Crippen molar-refractivity contribution in [3.63, 3.8) is 0 Å². The lowest BCUT2D eigenvalue weighted by atomic mass is 10.1. The van der Waals surface area contributed by atoms with Crippen LogP contribution in [0.1, 0.15) is 40.4 Å². The maximum Gasteiger partial charge on any atom is 0.342 e. The Kier molecular flexibility index (Phi) is 6.26. The third-order valence-electron chi connectivity index (χ3n) is 5.91. The third-order valence-corrected chi connectivity index (χ3v) is 5.91. The minimum absolute atomic E-state index is 0.0366. The van der Waals surface area contributed by atoms with Gasteiger partial charge in [-0.15, -0.1) is 0 Å². The molecule has 8 nitrogen and oxygen atoms in total. The van der Waals surface area contributed by atoms with Gasteiger partial charge in [-0.2, -0.15) is 9.78 Å². The average molecular weight is 468 g/mol.